The van der Waals surface area contributed by atoms with Gasteiger partial charge in [-0.05, 0) is 29.7 Å². The molecular weight excluding hydrogens is 344 g/mol. The number of aromatic nitrogens is 2. The Kier molecular flexibility index (Phi) is 6.67. The van der Waals surface area contributed by atoms with Crippen molar-refractivity contribution in [1.82, 2.24) is 9.97 Å². The summed E-state index contributed by atoms with van der Waals surface area (Å²) < 4.78 is 5.76. The molecule has 3 aromatic rings. The van der Waals surface area contributed by atoms with Crippen molar-refractivity contribution in [2.24, 2.45) is 0 Å². The summed E-state index contributed by atoms with van der Waals surface area (Å²) >= 11 is 1.52. The van der Waals surface area contributed by atoms with Gasteiger partial charge in [0.2, 0.25) is 0 Å². The predicted molar refractivity (Wildman–Crippen MR) is 108 cm³/mol. The summed E-state index contributed by atoms with van der Waals surface area (Å²) in [5.74, 6) is 1.70. The monoisotopic (exact) mass is 364 g/mol. The van der Waals surface area contributed by atoms with Crippen LogP contribution in [0.1, 0.15) is 17.5 Å². The minimum atomic E-state index is -0.125. The van der Waals surface area contributed by atoms with Crippen LogP contribution in [0.3, 0.4) is 0 Å². The maximum Gasteiger partial charge on any atom is 0.251 e. The summed E-state index contributed by atoms with van der Waals surface area (Å²) in [4.78, 5) is 18.0. The van der Waals surface area contributed by atoms with Gasteiger partial charge in [0.05, 0.1) is 6.61 Å². The molecule has 0 aliphatic heterocycles. The number of H-pyrrole nitrogens is 1. The molecule has 0 radical (unpaired) electrons. The van der Waals surface area contributed by atoms with Gasteiger partial charge >= 0.3 is 0 Å². The van der Waals surface area contributed by atoms with Crippen molar-refractivity contribution in [2.75, 3.05) is 12.4 Å². The number of thioether (sulfide) groups is 1. The van der Waals surface area contributed by atoms with Crippen molar-refractivity contribution in [2.45, 2.75) is 11.6 Å². The maximum atomic E-state index is 11.2. The summed E-state index contributed by atoms with van der Waals surface area (Å²) in [5.41, 5.74) is 2.19. The van der Waals surface area contributed by atoms with E-state index in [-0.39, 0.29) is 5.56 Å². The molecule has 0 saturated heterocycles. The average Bonchev–Trinajstić information content (AvgIpc) is 2.68. The smallest absolute Gasteiger partial charge is 0.251 e. The third-order valence-electron chi connectivity index (χ3n) is 3.59. The minimum absolute atomic E-state index is 0.125. The van der Waals surface area contributed by atoms with Crippen LogP contribution in [0.15, 0.2) is 76.8 Å². The lowest BCUT2D eigenvalue weighted by Crippen LogP contribution is -2.06. The number of ether oxygens (including phenoxy) is 1. The van der Waals surface area contributed by atoms with Crippen molar-refractivity contribution in [1.29, 1.82) is 0 Å². The molecule has 1 N–H and O–H groups in total. The summed E-state index contributed by atoms with van der Waals surface area (Å²) in [6.07, 6.45) is 6.57. The zero-order chi connectivity index (χ0) is 18.0. The largest absolute Gasteiger partial charge is 0.494 e. The van der Waals surface area contributed by atoms with Gasteiger partial charge in [-0.2, -0.15) is 0 Å². The molecule has 0 atom stereocenters. The van der Waals surface area contributed by atoms with Crippen LogP contribution in [0.2, 0.25) is 0 Å². The molecule has 26 heavy (non-hydrogen) atoms. The molecule has 1 aromatic heterocycles. The summed E-state index contributed by atoms with van der Waals surface area (Å²) in [6.45, 7) is 0.628. The van der Waals surface area contributed by atoms with Gasteiger partial charge in [-0.15, -0.1) is 0 Å². The molecule has 0 saturated carbocycles. The Labute approximate surface area is 157 Å². The van der Waals surface area contributed by atoms with Crippen LogP contribution in [-0.2, 0) is 0 Å². The fourth-order valence-electron chi connectivity index (χ4n) is 2.27. The quantitative estimate of drug-likeness (QED) is 0.277. The molecule has 2 aromatic carbocycles. The van der Waals surface area contributed by atoms with Crippen molar-refractivity contribution < 1.29 is 4.74 Å². The van der Waals surface area contributed by atoms with E-state index < -0.39 is 0 Å². The highest BCUT2D eigenvalue weighted by Crippen LogP contribution is 2.16. The molecule has 3 rings (SSSR count). The van der Waals surface area contributed by atoms with Gasteiger partial charge in [-0.3, -0.25) is 4.79 Å². The molecule has 0 aliphatic carbocycles. The lowest BCUT2D eigenvalue weighted by Gasteiger charge is -2.06. The number of benzene rings is 2. The molecule has 0 aliphatic rings. The van der Waals surface area contributed by atoms with E-state index in [1.165, 1.54) is 29.6 Å². The van der Waals surface area contributed by atoms with E-state index in [9.17, 15) is 4.79 Å². The third-order valence-corrected chi connectivity index (χ3v) is 4.57. The van der Waals surface area contributed by atoms with Gasteiger partial charge in [0.25, 0.3) is 5.56 Å². The molecule has 0 amide bonds. The standard InChI is InChI=1S/C21H20N2O2S/c24-20-13-14-22-21(23-20)26-16-4-15-25-19-11-9-18(10-12-19)8-7-17-5-2-1-3-6-17/h1-3,5-14H,4,15-16H2,(H,22,23,24)/b8-7+. The first-order valence-corrected chi connectivity index (χ1v) is 9.42. The zero-order valence-corrected chi connectivity index (χ0v) is 15.1. The summed E-state index contributed by atoms with van der Waals surface area (Å²) in [7, 11) is 0. The van der Waals surface area contributed by atoms with E-state index in [0.29, 0.717) is 11.8 Å². The molecule has 0 bridgehead atoms. The Balaban J connectivity index is 1.40. The lowest BCUT2D eigenvalue weighted by atomic mass is 10.1. The number of hydrogen-bond acceptors (Lipinski definition) is 4. The van der Waals surface area contributed by atoms with E-state index in [1.54, 1.807) is 0 Å². The summed E-state index contributed by atoms with van der Waals surface area (Å²) in [6, 6.07) is 19.7. The van der Waals surface area contributed by atoms with Crippen LogP contribution in [-0.4, -0.2) is 22.3 Å². The molecule has 1 heterocycles. The number of nitrogens with one attached hydrogen (secondary N) is 1. The first-order valence-electron chi connectivity index (χ1n) is 8.44. The van der Waals surface area contributed by atoms with Gasteiger partial charge in [0.15, 0.2) is 5.16 Å². The maximum absolute atomic E-state index is 11.2. The van der Waals surface area contributed by atoms with Gasteiger partial charge in [0.1, 0.15) is 5.75 Å². The number of nitrogens with zero attached hydrogens (tertiary/aromatic N) is 1. The third kappa shape index (κ3) is 5.93. The lowest BCUT2D eigenvalue weighted by molar-refractivity contribution is 0.318. The summed E-state index contributed by atoms with van der Waals surface area (Å²) in [5, 5.41) is 0.645. The van der Waals surface area contributed by atoms with E-state index in [2.05, 4.69) is 34.3 Å². The van der Waals surface area contributed by atoms with E-state index in [1.807, 2.05) is 42.5 Å². The average molecular weight is 364 g/mol. The zero-order valence-electron chi connectivity index (χ0n) is 14.3. The van der Waals surface area contributed by atoms with Crippen molar-refractivity contribution in [3.63, 3.8) is 0 Å². The Morgan fingerprint density at radius 1 is 0.962 bits per heavy atom. The highest BCUT2D eigenvalue weighted by atomic mass is 32.2. The molecule has 132 valence electrons. The van der Waals surface area contributed by atoms with E-state index in [0.717, 1.165) is 23.5 Å². The molecule has 4 nitrogen and oxygen atoms in total. The van der Waals surface area contributed by atoms with Crippen molar-refractivity contribution >= 4 is 23.9 Å². The van der Waals surface area contributed by atoms with Crippen molar-refractivity contribution in [3.8, 4) is 5.75 Å². The van der Waals surface area contributed by atoms with Gasteiger partial charge < -0.3 is 9.72 Å². The second kappa shape index (κ2) is 9.63. The number of aromatic amines is 1. The predicted octanol–water partition coefficient (Wildman–Crippen LogP) is 4.50. The topological polar surface area (TPSA) is 55.0 Å². The fourth-order valence-corrected chi connectivity index (χ4v) is 3.04. The number of rotatable bonds is 8. The molecular formula is C21H20N2O2S. The highest BCUT2D eigenvalue weighted by molar-refractivity contribution is 7.99. The van der Waals surface area contributed by atoms with Crippen LogP contribution >= 0.6 is 11.8 Å². The van der Waals surface area contributed by atoms with Crippen LogP contribution in [0.5, 0.6) is 5.75 Å². The van der Waals surface area contributed by atoms with E-state index in [4.69, 9.17) is 4.74 Å². The van der Waals surface area contributed by atoms with Gasteiger partial charge in [-0.1, -0.05) is 66.4 Å². The fraction of sp³-hybridized carbons (Fsp3) is 0.143. The second-order valence-corrected chi connectivity index (χ2v) is 6.69. The Bertz CT molecular complexity index is 890. The first kappa shape index (κ1) is 18.0. The SMILES string of the molecule is O=c1ccnc(SCCCOc2ccc(/C=C/c3ccccc3)cc2)[nH]1. The Morgan fingerprint density at radius 2 is 1.69 bits per heavy atom. The van der Waals surface area contributed by atoms with Gasteiger partial charge in [0, 0.05) is 18.0 Å². The number of hydrogen-bond donors (Lipinski definition) is 1. The molecule has 0 unspecified atom stereocenters. The first-order chi connectivity index (χ1) is 12.8. The van der Waals surface area contributed by atoms with Crippen molar-refractivity contribution in [3.05, 3.63) is 88.3 Å². The van der Waals surface area contributed by atoms with Gasteiger partial charge in [-0.25, -0.2) is 4.98 Å². The molecule has 0 spiro atoms. The highest BCUT2D eigenvalue weighted by Gasteiger charge is 1.98. The second-order valence-electron chi connectivity index (χ2n) is 5.60. The minimum Gasteiger partial charge on any atom is -0.494 e. The van der Waals surface area contributed by atoms with Crippen LogP contribution in [0.25, 0.3) is 12.2 Å². The Hall–Kier alpha value is -2.79. The Morgan fingerprint density at radius 3 is 2.42 bits per heavy atom. The normalized spacial score (nSPS) is 10.9. The molecule has 0 fully saturated rings. The van der Waals surface area contributed by atoms with E-state index >= 15 is 0 Å². The molecule has 5 heteroatoms. The van der Waals surface area contributed by atoms with Crippen LogP contribution in [0, 0.1) is 0 Å². The van der Waals surface area contributed by atoms with Crippen LogP contribution in [0.4, 0.5) is 0 Å². The van der Waals surface area contributed by atoms with Crippen LogP contribution < -0.4 is 10.3 Å².